The molecule has 94 valence electrons. The van der Waals surface area contributed by atoms with Gasteiger partial charge >= 0.3 is 0 Å². The van der Waals surface area contributed by atoms with Crippen LogP contribution in [0, 0.1) is 5.92 Å². The normalized spacial score (nSPS) is 13.9. The predicted octanol–water partition coefficient (Wildman–Crippen LogP) is 2.06. The highest BCUT2D eigenvalue weighted by atomic mass is 35.5. The molecular weight excluding hydrogens is 240 g/mol. The minimum Gasteiger partial charge on any atom is -0.397 e. The van der Waals surface area contributed by atoms with E-state index >= 15 is 0 Å². The molecule has 0 atom stereocenters. The molecule has 1 aliphatic carbocycles. The third kappa shape index (κ3) is 4.63. The molecule has 0 radical (unpaired) electrons. The summed E-state index contributed by atoms with van der Waals surface area (Å²) in [6, 6.07) is 7.18. The number of carbonyl (C=O) groups excluding carboxylic acids is 1. The van der Waals surface area contributed by atoms with Gasteiger partial charge in [0.1, 0.15) is 6.61 Å². The molecule has 0 aromatic heterocycles. The van der Waals surface area contributed by atoms with E-state index < -0.39 is 0 Å². The second-order valence-electron chi connectivity index (χ2n) is 4.09. The lowest BCUT2D eigenvalue weighted by molar-refractivity contribution is -0.120. The fourth-order valence-electron chi connectivity index (χ4n) is 1.40. The summed E-state index contributed by atoms with van der Waals surface area (Å²) in [4.78, 5) is 11.5. The smallest absolute Gasteiger partial charge is 0.250 e. The molecule has 0 spiro atoms. The molecule has 0 aliphatic heterocycles. The molecule has 2 rings (SSSR count). The van der Waals surface area contributed by atoms with Crippen molar-refractivity contribution in [2.75, 3.05) is 24.3 Å². The average Bonchev–Trinajstić information content (AvgIpc) is 3.05. The zero-order chi connectivity index (χ0) is 11.4. The van der Waals surface area contributed by atoms with Crippen molar-refractivity contribution in [3.8, 4) is 0 Å². The number of para-hydroxylation sites is 2. The van der Waals surface area contributed by atoms with Crippen LogP contribution in [0.1, 0.15) is 12.8 Å². The van der Waals surface area contributed by atoms with Gasteiger partial charge in [0.25, 0.3) is 0 Å². The standard InChI is InChI=1S/C12H16N2O2.ClH/c13-10-3-1-2-4-11(10)14-12(15)8-16-7-9-5-6-9;/h1-4,9H,5-8,13H2,(H,14,15);1H. The first kappa shape index (κ1) is 13.8. The van der Waals surface area contributed by atoms with Crippen molar-refractivity contribution >= 4 is 29.7 Å². The molecule has 1 aromatic rings. The Morgan fingerprint density at radius 1 is 1.41 bits per heavy atom. The van der Waals surface area contributed by atoms with E-state index in [1.54, 1.807) is 12.1 Å². The van der Waals surface area contributed by atoms with Gasteiger partial charge in [-0.2, -0.15) is 0 Å². The minimum absolute atomic E-state index is 0. The maximum atomic E-state index is 11.5. The van der Waals surface area contributed by atoms with Crippen molar-refractivity contribution < 1.29 is 9.53 Å². The Labute approximate surface area is 107 Å². The first-order valence-corrected chi connectivity index (χ1v) is 5.48. The quantitative estimate of drug-likeness (QED) is 0.793. The van der Waals surface area contributed by atoms with Gasteiger partial charge in [-0.25, -0.2) is 0 Å². The Kier molecular flexibility index (Phi) is 5.25. The summed E-state index contributed by atoms with van der Waals surface area (Å²) in [6.45, 7) is 0.794. The molecule has 0 bridgehead atoms. The molecule has 5 heteroatoms. The summed E-state index contributed by atoms with van der Waals surface area (Å²) in [7, 11) is 0. The zero-order valence-corrected chi connectivity index (χ0v) is 10.3. The Bertz CT molecular complexity index is 381. The Morgan fingerprint density at radius 2 is 2.12 bits per heavy atom. The maximum Gasteiger partial charge on any atom is 0.250 e. The van der Waals surface area contributed by atoms with Crippen LogP contribution in [0.3, 0.4) is 0 Å². The molecular formula is C12H17ClN2O2. The number of halogens is 1. The second kappa shape index (κ2) is 6.47. The van der Waals surface area contributed by atoms with Crippen LogP contribution in [0.4, 0.5) is 11.4 Å². The van der Waals surface area contributed by atoms with E-state index in [0.29, 0.717) is 23.9 Å². The van der Waals surface area contributed by atoms with Crippen LogP contribution in [0.2, 0.25) is 0 Å². The molecule has 1 aromatic carbocycles. The predicted molar refractivity (Wildman–Crippen MR) is 70.3 cm³/mol. The second-order valence-corrected chi connectivity index (χ2v) is 4.09. The van der Waals surface area contributed by atoms with Crippen LogP contribution in [-0.2, 0) is 9.53 Å². The molecule has 0 unspecified atom stereocenters. The monoisotopic (exact) mass is 256 g/mol. The van der Waals surface area contributed by atoms with Crippen LogP contribution in [0.25, 0.3) is 0 Å². The number of anilines is 2. The highest BCUT2D eigenvalue weighted by molar-refractivity contribution is 5.94. The maximum absolute atomic E-state index is 11.5. The zero-order valence-electron chi connectivity index (χ0n) is 9.52. The number of hydrogen-bond acceptors (Lipinski definition) is 3. The SMILES string of the molecule is Cl.Nc1ccccc1NC(=O)COCC1CC1. The number of ether oxygens (including phenoxy) is 1. The highest BCUT2D eigenvalue weighted by Crippen LogP contribution is 2.28. The van der Waals surface area contributed by atoms with E-state index in [9.17, 15) is 4.79 Å². The number of amides is 1. The van der Waals surface area contributed by atoms with Crippen molar-refractivity contribution in [3.63, 3.8) is 0 Å². The third-order valence-electron chi connectivity index (χ3n) is 2.52. The van der Waals surface area contributed by atoms with E-state index in [1.165, 1.54) is 12.8 Å². The number of carbonyl (C=O) groups is 1. The van der Waals surface area contributed by atoms with Crippen LogP contribution in [0.5, 0.6) is 0 Å². The highest BCUT2D eigenvalue weighted by Gasteiger charge is 2.21. The largest absolute Gasteiger partial charge is 0.397 e. The molecule has 17 heavy (non-hydrogen) atoms. The van der Waals surface area contributed by atoms with E-state index in [1.807, 2.05) is 12.1 Å². The lowest BCUT2D eigenvalue weighted by Crippen LogP contribution is -2.19. The van der Waals surface area contributed by atoms with Gasteiger partial charge in [0.15, 0.2) is 0 Å². The van der Waals surface area contributed by atoms with E-state index in [-0.39, 0.29) is 24.9 Å². The van der Waals surface area contributed by atoms with E-state index in [4.69, 9.17) is 10.5 Å². The van der Waals surface area contributed by atoms with Crippen LogP contribution in [0.15, 0.2) is 24.3 Å². The van der Waals surface area contributed by atoms with Crippen LogP contribution < -0.4 is 11.1 Å². The van der Waals surface area contributed by atoms with Gasteiger partial charge in [-0.15, -0.1) is 12.4 Å². The number of hydrogen-bond donors (Lipinski definition) is 2. The lowest BCUT2D eigenvalue weighted by atomic mass is 10.3. The summed E-state index contributed by atoms with van der Waals surface area (Å²) in [5.74, 6) is 0.521. The summed E-state index contributed by atoms with van der Waals surface area (Å²) < 4.78 is 5.28. The van der Waals surface area contributed by atoms with E-state index in [0.717, 1.165) is 0 Å². The fourth-order valence-corrected chi connectivity index (χ4v) is 1.40. The first-order chi connectivity index (χ1) is 7.75. The van der Waals surface area contributed by atoms with Crippen LogP contribution in [-0.4, -0.2) is 19.1 Å². The number of nitrogen functional groups attached to an aromatic ring is 1. The summed E-state index contributed by atoms with van der Waals surface area (Å²) in [5, 5.41) is 2.72. The molecule has 3 N–H and O–H groups in total. The molecule has 0 heterocycles. The molecule has 1 aliphatic rings. The number of benzene rings is 1. The van der Waals surface area contributed by atoms with E-state index in [2.05, 4.69) is 5.32 Å². The topological polar surface area (TPSA) is 64.3 Å². The number of nitrogens with two attached hydrogens (primary N) is 1. The van der Waals surface area contributed by atoms with Crippen molar-refractivity contribution in [3.05, 3.63) is 24.3 Å². The Hall–Kier alpha value is -1.26. The lowest BCUT2D eigenvalue weighted by Gasteiger charge is -2.07. The average molecular weight is 257 g/mol. The van der Waals surface area contributed by atoms with Gasteiger partial charge in [0, 0.05) is 0 Å². The van der Waals surface area contributed by atoms with Gasteiger partial charge in [0.2, 0.25) is 5.91 Å². The summed E-state index contributed by atoms with van der Waals surface area (Å²) >= 11 is 0. The number of nitrogens with one attached hydrogen (secondary N) is 1. The first-order valence-electron chi connectivity index (χ1n) is 5.48. The summed E-state index contributed by atoms with van der Waals surface area (Å²) in [5.41, 5.74) is 6.91. The van der Waals surface area contributed by atoms with Crippen molar-refractivity contribution in [1.29, 1.82) is 0 Å². The van der Waals surface area contributed by atoms with Crippen molar-refractivity contribution in [2.24, 2.45) is 5.92 Å². The minimum atomic E-state index is -0.154. The number of rotatable bonds is 5. The van der Waals surface area contributed by atoms with Crippen LogP contribution >= 0.6 is 12.4 Å². The molecule has 1 saturated carbocycles. The fraction of sp³-hybridized carbons (Fsp3) is 0.417. The van der Waals surface area contributed by atoms with Gasteiger partial charge in [-0.1, -0.05) is 12.1 Å². The third-order valence-corrected chi connectivity index (χ3v) is 2.52. The Morgan fingerprint density at radius 3 is 2.76 bits per heavy atom. The van der Waals surface area contributed by atoms with Crippen molar-refractivity contribution in [2.45, 2.75) is 12.8 Å². The van der Waals surface area contributed by atoms with Gasteiger partial charge in [0.05, 0.1) is 18.0 Å². The molecule has 4 nitrogen and oxygen atoms in total. The van der Waals surface area contributed by atoms with Gasteiger partial charge in [-0.05, 0) is 30.9 Å². The van der Waals surface area contributed by atoms with Crippen molar-refractivity contribution in [1.82, 2.24) is 0 Å². The van der Waals surface area contributed by atoms with Gasteiger partial charge < -0.3 is 15.8 Å². The Balaban J connectivity index is 0.00000144. The van der Waals surface area contributed by atoms with Gasteiger partial charge in [-0.3, -0.25) is 4.79 Å². The molecule has 0 saturated heterocycles. The molecule has 1 amide bonds. The summed E-state index contributed by atoms with van der Waals surface area (Å²) in [6.07, 6.45) is 2.46. The molecule has 1 fully saturated rings.